The summed E-state index contributed by atoms with van der Waals surface area (Å²) in [7, 11) is 4.19. The van der Waals surface area contributed by atoms with Gasteiger partial charge in [0.1, 0.15) is 12.0 Å². The smallest absolute Gasteiger partial charge is 0.338 e. The fourth-order valence-corrected chi connectivity index (χ4v) is 2.65. The second kappa shape index (κ2) is 5.12. The summed E-state index contributed by atoms with van der Waals surface area (Å²) < 4.78 is 5.28. The Labute approximate surface area is 107 Å². The maximum atomic E-state index is 10.8. The minimum atomic E-state index is -0.939. The number of rotatable bonds is 4. The molecule has 1 aliphatic rings. The van der Waals surface area contributed by atoms with Gasteiger partial charge in [-0.15, -0.1) is 0 Å². The van der Waals surface area contributed by atoms with Crippen molar-refractivity contribution in [2.75, 3.05) is 27.2 Å². The molecule has 0 aromatic carbocycles. The summed E-state index contributed by atoms with van der Waals surface area (Å²) >= 11 is 0. The molecule has 1 saturated heterocycles. The fourth-order valence-electron chi connectivity index (χ4n) is 2.65. The SMILES string of the molecule is CC1CN(Cc2cc(C(=O)O)co2)CC1N(C)C. The molecule has 0 bridgehead atoms. The molecule has 1 aromatic heterocycles. The van der Waals surface area contributed by atoms with Gasteiger partial charge in [-0.1, -0.05) is 6.92 Å². The Hall–Kier alpha value is -1.33. The van der Waals surface area contributed by atoms with Crippen LogP contribution in [0.1, 0.15) is 23.0 Å². The summed E-state index contributed by atoms with van der Waals surface area (Å²) in [5, 5.41) is 8.84. The molecule has 0 aliphatic carbocycles. The Morgan fingerprint density at radius 2 is 2.28 bits per heavy atom. The van der Waals surface area contributed by atoms with E-state index in [2.05, 4.69) is 30.8 Å². The Morgan fingerprint density at radius 3 is 2.78 bits per heavy atom. The van der Waals surface area contributed by atoms with E-state index in [9.17, 15) is 4.79 Å². The van der Waals surface area contributed by atoms with Crippen LogP contribution in [0, 0.1) is 5.92 Å². The van der Waals surface area contributed by atoms with Crippen molar-refractivity contribution in [3.8, 4) is 0 Å². The summed E-state index contributed by atoms with van der Waals surface area (Å²) in [6.07, 6.45) is 1.31. The number of nitrogens with zero attached hydrogens (tertiary/aromatic N) is 2. The van der Waals surface area contributed by atoms with Crippen molar-refractivity contribution in [3.05, 3.63) is 23.7 Å². The maximum absolute atomic E-state index is 10.8. The van der Waals surface area contributed by atoms with E-state index in [0.29, 0.717) is 18.5 Å². The lowest BCUT2D eigenvalue weighted by molar-refractivity contribution is 0.0696. The molecule has 2 rings (SSSR count). The first-order valence-electron chi connectivity index (χ1n) is 6.17. The van der Waals surface area contributed by atoms with Crippen molar-refractivity contribution in [2.45, 2.75) is 19.5 Å². The molecule has 18 heavy (non-hydrogen) atoms. The average Bonchev–Trinajstić information content (AvgIpc) is 2.86. The van der Waals surface area contributed by atoms with E-state index in [1.165, 1.54) is 6.26 Å². The largest absolute Gasteiger partial charge is 0.478 e. The number of hydrogen-bond acceptors (Lipinski definition) is 4. The van der Waals surface area contributed by atoms with Crippen molar-refractivity contribution in [3.63, 3.8) is 0 Å². The van der Waals surface area contributed by atoms with Crippen LogP contribution in [0.5, 0.6) is 0 Å². The molecule has 1 aromatic rings. The summed E-state index contributed by atoms with van der Waals surface area (Å²) in [5.74, 6) is 0.402. The van der Waals surface area contributed by atoms with Crippen molar-refractivity contribution in [1.29, 1.82) is 0 Å². The summed E-state index contributed by atoms with van der Waals surface area (Å²) in [6, 6.07) is 2.16. The number of likely N-dealkylation sites (N-methyl/N-ethyl adjacent to an activating group) is 1. The number of hydrogen-bond donors (Lipinski definition) is 1. The van der Waals surface area contributed by atoms with Crippen LogP contribution in [0.15, 0.2) is 16.7 Å². The van der Waals surface area contributed by atoms with Gasteiger partial charge in [-0.2, -0.15) is 0 Å². The molecule has 0 saturated carbocycles. The highest BCUT2D eigenvalue weighted by Crippen LogP contribution is 2.22. The maximum Gasteiger partial charge on any atom is 0.338 e. The van der Waals surface area contributed by atoms with Crippen molar-refractivity contribution in [1.82, 2.24) is 9.80 Å². The van der Waals surface area contributed by atoms with Crippen molar-refractivity contribution < 1.29 is 14.3 Å². The summed E-state index contributed by atoms with van der Waals surface area (Å²) in [6.45, 7) is 4.95. The minimum absolute atomic E-state index is 0.224. The summed E-state index contributed by atoms with van der Waals surface area (Å²) in [4.78, 5) is 15.3. The van der Waals surface area contributed by atoms with Crippen LogP contribution >= 0.6 is 0 Å². The highest BCUT2D eigenvalue weighted by molar-refractivity contribution is 5.87. The van der Waals surface area contributed by atoms with Crippen LogP contribution in [0.2, 0.25) is 0 Å². The third-order valence-corrected chi connectivity index (χ3v) is 3.59. The van der Waals surface area contributed by atoms with Gasteiger partial charge >= 0.3 is 5.97 Å². The quantitative estimate of drug-likeness (QED) is 0.877. The molecule has 0 amide bonds. The number of likely N-dealkylation sites (tertiary alicyclic amines) is 1. The lowest BCUT2D eigenvalue weighted by Crippen LogP contribution is -2.34. The highest BCUT2D eigenvalue weighted by atomic mass is 16.4. The molecule has 2 atom stereocenters. The van der Waals surface area contributed by atoms with Gasteiger partial charge in [0.05, 0.1) is 12.1 Å². The second-order valence-electron chi connectivity index (χ2n) is 5.31. The zero-order valence-electron chi connectivity index (χ0n) is 11.1. The van der Waals surface area contributed by atoms with Gasteiger partial charge in [0.25, 0.3) is 0 Å². The van der Waals surface area contributed by atoms with E-state index in [1.54, 1.807) is 6.07 Å². The first-order valence-corrected chi connectivity index (χ1v) is 6.17. The topological polar surface area (TPSA) is 56.9 Å². The van der Waals surface area contributed by atoms with Gasteiger partial charge in [-0.3, -0.25) is 4.90 Å². The lowest BCUT2D eigenvalue weighted by Gasteiger charge is -2.22. The van der Waals surface area contributed by atoms with Crippen LogP contribution in [-0.4, -0.2) is 54.1 Å². The molecule has 2 unspecified atom stereocenters. The Kier molecular flexibility index (Phi) is 3.73. The third-order valence-electron chi connectivity index (χ3n) is 3.59. The highest BCUT2D eigenvalue weighted by Gasteiger charge is 2.31. The number of carbonyl (C=O) groups is 1. The first-order chi connectivity index (χ1) is 8.47. The standard InChI is InChI=1S/C13H20N2O3/c1-9-5-15(7-12(9)14(2)3)6-11-4-10(8-18-11)13(16)17/h4,8-9,12H,5-7H2,1-3H3,(H,16,17). The van der Waals surface area contributed by atoms with Gasteiger partial charge < -0.3 is 14.4 Å². The Morgan fingerprint density at radius 1 is 1.56 bits per heavy atom. The molecule has 100 valence electrons. The lowest BCUT2D eigenvalue weighted by atomic mass is 10.1. The van der Waals surface area contributed by atoms with E-state index in [0.717, 1.165) is 18.8 Å². The van der Waals surface area contributed by atoms with Gasteiger partial charge in [0, 0.05) is 19.1 Å². The van der Waals surface area contributed by atoms with Crippen LogP contribution in [0.25, 0.3) is 0 Å². The van der Waals surface area contributed by atoms with Crippen molar-refractivity contribution in [2.24, 2.45) is 5.92 Å². The van der Waals surface area contributed by atoms with Crippen LogP contribution in [-0.2, 0) is 6.54 Å². The molecule has 5 heteroatoms. The van der Waals surface area contributed by atoms with E-state index in [-0.39, 0.29) is 5.56 Å². The second-order valence-corrected chi connectivity index (χ2v) is 5.31. The van der Waals surface area contributed by atoms with E-state index >= 15 is 0 Å². The Bertz CT molecular complexity index is 428. The molecule has 1 aliphatic heterocycles. The predicted molar refractivity (Wildman–Crippen MR) is 67.6 cm³/mol. The fraction of sp³-hybridized carbons (Fsp3) is 0.615. The van der Waals surface area contributed by atoms with Crippen molar-refractivity contribution >= 4 is 5.97 Å². The minimum Gasteiger partial charge on any atom is -0.478 e. The van der Waals surface area contributed by atoms with E-state index < -0.39 is 5.97 Å². The molecule has 1 N–H and O–H groups in total. The zero-order chi connectivity index (χ0) is 13.3. The normalized spacial score (nSPS) is 24.9. The number of carboxylic acids is 1. The van der Waals surface area contributed by atoms with Crippen LogP contribution in [0.3, 0.4) is 0 Å². The Balaban J connectivity index is 1.96. The number of carboxylic acid groups (broad SMARTS) is 1. The first kappa shape index (κ1) is 13.1. The number of furan rings is 1. The van der Waals surface area contributed by atoms with Gasteiger partial charge in [0.2, 0.25) is 0 Å². The molecule has 2 heterocycles. The van der Waals surface area contributed by atoms with Crippen LogP contribution < -0.4 is 0 Å². The molecular weight excluding hydrogens is 232 g/mol. The number of aromatic carboxylic acids is 1. The van der Waals surface area contributed by atoms with E-state index in [1.807, 2.05) is 0 Å². The zero-order valence-corrected chi connectivity index (χ0v) is 11.1. The average molecular weight is 252 g/mol. The van der Waals surface area contributed by atoms with Crippen LogP contribution in [0.4, 0.5) is 0 Å². The monoisotopic (exact) mass is 252 g/mol. The molecule has 1 fully saturated rings. The molecule has 0 spiro atoms. The van der Waals surface area contributed by atoms with Gasteiger partial charge in [0.15, 0.2) is 0 Å². The third kappa shape index (κ3) is 2.73. The molecule has 0 radical (unpaired) electrons. The predicted octanol–water partition coefficient (Wildman–Crippen LogP) is 1.36. The molecular formula is C13H20N2O3. The van der Waals surface area contributed by atoms with Gasteiger partial charge in [-0.25, -0.2) is 4.79 Å². The van der Waals surface area contributed by atoms with Gasteiger partial charge in [-0.05, 0) is 26.1 Å². The molecule has 5 nitrogen and oxygen atoms in total. The van der Waals surface area contributed by atoms with E-state index in [4.69, 9.17) is 9.52 Å². The summed E-state index contributed by atoms with van der Waals surface area (Å²) in [5.41, 5.74) is 0.224.